The molecule has 2 amide bonds. The molecule has 0 saturated carbocycles. The first kappa shape index (κ1) is 21.6. The van der Waals surface area contributed by atoms with Crippen molar-refractivity contribution in [2.24, 2.45) is 5.92 Å². The molecule has 1 aliphatic heterocycles. The van der Waals surface area contributed by atoms with E-state index in [4.69, 9.17) is 0 Å². The minimum atomic E-state index is -0.202. The van der Waals surface area contributed by atoms with Crippen molar-refractivity contribution >= 4 is 23.2 Å². The molecule has 1 saturated heterocycles. The van der Waals surface area contributed by atoms with Crippen LogP contribution in [0.5, 0.6) is 0 Å². The number of aromatic nitrogens is 1. The number of amides is 2. The van der Waals surface area contributed by atoms with Crippen LogP contribution < -0.4 is 15.5 Å². The molecule has 2 heterocycles. The summed E-state index contributed by atoms with van der Waals surface area (Å²) in [6.45, 7) is 4.49. The van der Waals surface area contributed by atoms with E-state index in [-0.39, 0.29) is 11.8 Å². The lowest BCUT2D eigenvalue weighted by atomic mass is 9.97. The minimum Gasteiger partial charge on any atom is -0.371 e. The van der Waals surface area contributed by atoms with E-state index in [9.17, 15) is 9.59 Å². The number of carbonyl (C=O) groups is 2. The smallest absolute Gasteiger partial charge is 0.255 e. The number of anilines is 2. The highest BCUT2D eigenvalue weighted by Crippen LogP contribution is 2.29. The van der Waals surface area contributed by atoms with Crippen molar-refractivity contribution < 1.29 is 9.59 Å². The van der Waals surface area contributed by atoms with Crippen molar-refractivity contribution in [1.82, 2.24) is 10.3 Å². The molecule has 1 aromatic heterocycles. The van der Waals surface area contributed by atoms with Gasteiger partial charge in [0, 0.05) is 49.0 Å². The van der Waals surface area contributed by atoms with Gasteiger partial charge >= 0.3 is 0 Å². The van der Waals surface area contributed by atoms with E-state index in [0.717, 1.165) is 37.2 Å². The van der Waals surface area contributed by atoms with Crippen molar-refractivity contribution in [2.75, 3.05) is 23.3 Å². The van der Waals surface area contributed by atoms with Gasteiger partial charge in [-0.05, 0) is 60.7 Å². The summed E-state index contributed by atoms with van der Waals surface area (Å²) in [6.07, 6.45) is 5.65. The highest BCUT2D eigenvalue weighted by atomic mass is 16.2. The fraction of sp³-hybridized carbons (Fsp3) is 0.269. The molecule has 2 aromatic carbocycles. The normalized spacial score (nSPS) is 14.1. The molecule has 1 fully saturated rings. The van der Waals surface area contributed by atoms with Gasteiger partial charge in [0.2, 0.25) is 0 Å². The van der Waals surface area contributed by atoms with Gasteiger partial charge in [-0.3, -0.25) is 14.6 Å². The Kier molecular flexibility index (Phi) is 6.80. The summed E-state index contributed by atoms with van der Waals surface area (Å²) in [7, 11) is 0. The average Bonchev–Trinajstić information content (AvgIpc) is 2.84. The van der Waals surface area contributed by atoms with Gasteiger partial charge in [0.25, 0.3) is 11.8 Å². The van der Waals surface area contributed by atoms with Crippen LogP contribution in [-0.2, 0) is 6.54 Å². The van der Waals surface area contributed by atoms with Gasteiger partial charge in [-0.25, -0.2) is 0 Å². The van der Waals surface area contributed by atoms with Crippen LogP contribution in [0.1, 0.15) is 46.0 Å². The first-order chi connectivity index (χ1) is 15.6. The largest absolute Gasteiger partial charge is 0.371 e. The number of benzene rings is 2. The number of nitrogens with one attached hydrogen (secondary N) is 2. The maximum absolute atomic E-state index is 13.2. The summed E-state index contributed by atoms with van der Waals surface area (Å²) in [4.78, 5) is 32.2. The van der Waals surface area contributed by atoms with E-state index in [1.165, 1.54) is 0 Å². The Morgan fingerprint density at radius 2 is 1.78 bits per heavy atom. The summed E-state index contributed by atoms with van der Waals surface area (Å²) in [5.41, 5.74) is 3.57. The molecule has 0 bridgehead atoms. The number of carbonyl (C=O) groups excluding carboxylic acids is 2. The van der Waals surface area contributed by atoms with Crippen LogP contribution in [0.2, 0.25) is 0 Å². The van der Waals surface area contributed by atoms with E-state index in [1.807, 2.05) is 42.5 Å². The van der Waals surface area contributed by atoms with Crippen molar-refractivity contribution in [1.29, 1.82) is 0 Å². The van der Waals surface area contributed by atoms with Crippen LogP contribution in [0.3, 0.4) is 0 Å². The average molecular weight is 429 g/mol. The van der Waals surface area contributed by atoms with Crippen LogP contribution in [0.25, 0.3) is 0 Å². The van der Waals surface area contributed by atoms with E-state index in [0.29, 0.717) is 29.3 Å². The Hall–Kier alpha value is -3.67. The lowest BCUT2D eigenvalue weighted by Gasteiger charge is -2.33. The molecule has 0 spiro atoms. The zero-order valence-electron chi connectivity index (χ0n) is 18.3. The Labute approximate surface area is 188 Å². The number of hydrogen-bond donors (Lipinski definition) is 2. The highest BCUT2D eigenvalue weighted by Gasteiger charge is 2.22. The van der Waals surface area contributed by atoms with Crippen LogP contribution in [0, 0.1) is 5.92 Å². The molecule has 6 heteroatoms. The molecule has 0 atom stereocenters. The molecule has 0 radical (unpaired) electrons. The summed E-state index contributed by atoms with van der Waals surface area (Å²) in [5.74, 6) is 0.323. The third kappa shape index (κ3) is 5.32. The predicted molar refractivity (Wildman–Crippen MR) is 127 cm³/mol. The lowest BCUT2D eigenvalue weighted by Crippen LogP contribution is -2.35. The van der Waals surface area contributed by atoms with Crippen LogP contribution in [0.4, 0.5) is 11.4 Å². The maximum Gasteiger partial charge on any atom is 0.255 e. The second-order valence-corrected chi connectivity index (χ2v) is 8.27. The number of pyridine rings is 1. The molecule has 32 heavy (non-hydrogen) atoms. The molecule has 6 nitrogen and oxygen atoms in total. The Balaban J connectivity index is 1.57. The Bertz CT molecular complexity index is 1060. The van der Waals surface area contributed by atoms with Crippen molar-refractivity contribution in [3.8, 4) is 0 Å². The number of hydrogen-bond acceptors (Lipinski definition) is 4. The van der Waals surface area contributed by atoms with Gasteiger partial charge in [-0.2, -0.15) is 0 Å². The summed E-state index contributed by atoms with van der Waals surface area (Å²) >= 11 is 0. The minimum absolute atomic E-state index is 0.168. The van der Waals surface area contributed by atoms with Crippen LogP contribution in [0.15, 0.2) is 73.1 Å². The molecular formula is C26H28N4O2. The van der Waals surface area contributed by atoms with Gasteiger partial charge < -0.3 is 15.5 Å². The van der Waals surface area contributed by atoms with Crippen molar-refractivity contribution in [3.63, 3.8) is 0 Å². The van der Waals surface area contributed by atoms with E-state index in [2.05, 4.69) is 27.4 Å². The number of piperidine rings is 1. The topological polar surface area (TPSA) is 74.3 Å². The molecule has 164 valence electrons. The summed E-state index contributed by atoms with van der Waals surface area (Å²) < 4.78 is 0. The van der Waals surface area contributed by atoms with Gasteiger partial charge in [0.15, 0.2) is 0 Å². The van der Waals surface area contributed by atoms with Crippen LogP contribution >= 0.6 is 0 Å². The second kappa shape index (κ2) is 10.1. The fourth-order valence-electron chi connectivity index (χ4n) is 3.89. The maximum atomic E-state index is 13.2. The molecule has 0 unspecified atom stereocenters. The van der Waals surface area contributed by atoms with E-state index < -0.39 is 0 Å². The van der Waals surface area contributed by atoms with Crippen molar-refractivity contribution in [2.45, 2.75) is 26.3 Å². The second-order valence-electron chi connectivity index (χ2n) is 8.27. The van der Waals surface area contributed by atoms with E-state index >= 15 is 0 Å². The monoisotopic (exact) mass is 428 g/mol. The summed E-state index contributed by atoms with van der Waals surface area (Å²) in [5, 5.41) is 5.91. The third-order valence-corrected chi connectivity index (χ3v) is 5.84. The first-order valence-corrected chi connectivity index (χ1v) is 11.0. The highest BCUT2D eigenvalue weighted by molar-refractivity contribution is 6.06. The Morgan fingerprint density at radius 3 is 2.50 bits per heavy atom. The van der Waals surface area contributed by atoms with Gasteiger partial charge in [-0.15, -0.1) is 0 Å². The predicted octanol–water partition coefficient (Wildman–Crippen LogP) is 4.50. The molecular weight excluding hydrogens is 400 g/mol. The molecule has 2 N–H and O–H groups in total. The lowest BCUT2D eigenvalue weighted by molar-refractivity contribution is 0.0950. The van der Waals surface area contributed by atoms with Gasteiger partial charge in [0.1, 0.15) is 0 Å². The molecule has 4 rings (SSSR count). The SMILES string of the molecule is CC1CCN(c2ccc(NC(=O)c3ccccc3)cc2C(=O)NCc2cccnc2)CC1. The van der Waals surface area contributed by atoms with E-state index in [1.54, 1.807) is 30.6 Å². The fourth-order valence-corrected chi connectivity index (χ4v) is 3.89. The summed E-state index contributed by atoms with van der Waals surface area (Å²) in [6, 6.07) is 18.4. The zero-order chi connectivity index (χ0) is 22.3. The molecule has 0 aliphatic carbocycles. The Morgan fingerprint density at radius 1 is 1.00 bits per heavy atom. The van der Waals surface area contributed by atoms with Gasteiger partial charge in [0.05, 0.1) is 5.56 Å². The quantitative estimate of drug-likeness (QED) is 0.606. The third-order valence-electron chi connectivity index (χ3n) is 5.84. The van der Waals surface area contributed by atoms with Gasteiger partial charge in [-0.1, -0.05) is 31.2 Å². The first-order valence-electron chi connectivity index (χ1n) is 11.0. The number of rotatable bonds is 6. The molecule has 3 aromatic rings. The van der Waals surface area contributed by atoms with Crippen LogP contribution in [-0.4, -0.2) is 29.9 Å². The van der Waals surface area contributed by atoms with Crippen molar-refractivity contribution in [3.05, 3.63) is 89.7 Å². The number of nitrogens with zero attached hydrogens (tertiary/aromatic N) is 2. The molecule has 1 aliphatic rings. The standard InChI is InChI=1S/C26H28N4O2/c1-19-11-14-30(15-12-19)24-10-9-22(29-25(31)21-7-3-2-4-8-21)16-23(24)26(32)28-18-20-6-5-13-27-17-20/h2-10,13,16-17,19H,11-12,14-15,18H2,1H3,(H,28,32)(H,29,31). The zero-order valence-corrected chi connectivity index (χ0v) is 18.3.